The van der Waals surface area contributed by atoms with Crippen LogP contribution >= 0.6 is 0 Å². The van der Waals surface area contributed by atoms with E-state index in [2.05, 4.69) is 95.3 Å². The SMILES string of the molecule is CCC(C)(C)n1nnnc1C(c1cc2cc(C)c(C)cc2[nH]c1=O)N1CCN(c2ccccc2)CC1. The molecule has 0 aliphatic carbocycles. The summed E-state index contributed by atoms with van der Waals surface area (Å²) in [7, 11) is 0. The van der Waals surface area contributed by atoms with Crippen molar-refractivity contribution in [3.63, 3.8) is 0 Å². The second-order valence-corrected chi connectivity index (χ2v) is 10.5. The van der Waals surface area contributed by atoms with Crippen molar-refractivity contribution >= 4 is 16.6 Å². The average molecular weight is 486 g/mol. The zero-order valence-electron chi connectivity index (χ0n) is 21.8. The Balaban J connectivity index is 1.59. The van der Waals surface area contributed by atoms with Crippen LogP contribution in [0.4, 0.5) is 5.69 Å². The third-order valence-electron chi connectivity index (χ3n) is 7.76. The van der Waals surface area contributed by atoms with Gasteiger partial charge in [0, 0.05) is 42.9 Å². The highest BCUT2D eigenvalue weighted by Crippen LogP contribution is 2.32. The molecule has 188 valence electrons. The number of hydrogen-bond donors (Lipinski definition) is 1. The molecule has 8 nitrogen and oxygen atoms in total. The predicted molar refractivity (Wildman–Crippen MR) is 144 cm³/mol. The van der Waals surface area contributed by atoms with Crippen molar-refractivity contribution < 1.29 is 0 Å². The number of benzene rings is 2. The van der Waals surface area contributed by atoms with Crippen molar-refractivity contribution in [2.45, 2.75) is 52.6 Å². The molecule has 2 aromatic heterocycles. The van der Waals surface area contributed by atoms with Gasteiger partial charge < -0.3 is 9.88 Å². The minimum absolute atomic E-state index is 0.0925. The molecule has 8 heteroatoms. The molecule has 36 heavy (non-hydrogen) atoms. The van der Waals surface area contributed by atoms with E-state index in [4.69, 9.17) is 0 Å². The number of anilines is 1. The number of aryl methyl sites for hydroxylation is 2. The molecule has 1 aliphatic heterocycles. The maximum absolute atomic E-state index is 13.6. The molecule has 0 radical (unpaired) electrons. The third kappa shape index (κ3) is 4.41. The van der Waals surface area contributed by atoms with Gasteiger partial charge in [-0.25, -0.2) is 4.68 Å². The van der Waals surface area contributed by atoms with Crippen molar-refractivity contribution in [3.05, 3.63) is 81.4 Å². The quantitative estimate of drug-likeness (QED) is 0.441. The first kappa shape index (κ1) is 24.2. The number of pyridine rings is 1. The van der Waals surface area contributed by atoms with E-state index in [-0.39, 0.29) is 17.1 Å². The zero-order valence-corrected chi connectivity index (χ0v) is 21.8. The maximum atomic E-state index is 13.6. The molecule has 0 bridgehead atoms. The standard InChI is InChI=1S/C28H35N7O/c1-6-28(4,5)35-26(30-31-32-35)25(34-14-12-33(13-15-34)22-10-8-7-9-11-22)23-18-21-16-19(2)20(3)17-24(21)29-27(23)36/h7-11,16-18,25H,6,12-15H2,1-5H3,(H,29,36). The number of aromatic amines is 1. The number of nitrogens with zero attached hydrogens (tertiary/aromatic N) is 6. The molecule has 0 saturated carbocycles. The average Bonchev–Trinajstić information content (AvgIpc) is 3.37. The van der Waals surface area contributed by atoms with Crippen molar-refractivity contribution in [1.82, 2.24) is 30.1 Å². The summed E-state index contributed by atoms with van der Waals surface area (Å²) in [6.07, 6.45) is 0.867. The van der Waals surface area contributed by atoms with Crippen molar-refractivity contribution in [1.29, 1.82) is 0 Å². The molecule has 1 fully saturated rings. The van der Waals surface area contributed by atoms with Gasteiger partial charge >= 0.3 is 0 Å². The first-order chi connectivity index (χ1) is 17.3. The van der Waals surface area contributed by atoms with Gasteiger partial charge in [-0.3, -0.25) is 9.69 Å². The summed E-state index contributed by atoms with van der Waals surface area (Å²) in [5, 5.41) is 14.0. The lowest BCUT2D eigenvalue weighted by Gasteiger charge is -2.40. The van der Waals surface area contributed by atoms with E-state index in [1.165, 1.54) is 11.3 Å². The summed E-state index contributed by atoms with van der Waals surface area (Å²) in [5.41, 5.74) is 4.75. The zero-order chi connectivity index (χ0) is 25.4. The van der Waals surface area contributed by atoms with Gasteiger partial charge in [-0.15, -0.1) is 5.10 Å². The Bertz CT molecular complexity index is 1420. The summed E-state index contributed by atoms with van der Waals surface area (Å²) in [5.74, 6) is 0.712. The van der Waals surface area contributed by atoms with Gasteiger partial charge in [0.15, 0.2) is 5.82 Å². The molecule has 1 aliphatic rings. The summed E-state index contributed by atoms with van der Waals surface area (Å²) in [6, 6.07) is 16.4. The molecular formula is C28H35N7O. The smallest absolute Gasteiger partial charge is 0.253 e. The summed E-state index contributed by atoms with van der Waals surface area (Å²) in [6.45, 7) is 13.9. The van der Waals surface area contributed by atoms with Gasteiger partial charge in [0.2, 0.25) is 0 Å². The molecular weight excluding hydrogens is 450 g/mol. The fourth-order valence-corrected chi connectivity index (χ4v) is 5.02. The Hall–Kier alpha value is -3.52. The van der Waals surface area contributed by atoms with Crippen molar-refractivity contribution in [2.75, 3.05) is 31.1 Å². The molecule has 4 aromatic rings. The number of rotatable bonds is 6. The van der Waals surface area contributed by atoms with E-state index < -0.39 is 0 Å². The van der Waals surface area contributed by atoms with Crippen LogP contribution in [-0.2, 0) is 5.54 Å². The Morgan fingerprint density at radius 2 is 1.69 bits per heavy atom. The first-order valence-electron chi connectivity index (χ1n) is 12.8. The fraction of sp³-hybridized carbons (Fsp3) is 0.429. The van der Waals surface area contributed by atoms with Crippen LogP contribution in [0, 0.1) is 13.8 Å². The molecule has 1 N–H and O–H groups in total. The second kappa shape index (κ2) is 9.50. The van der Waals surface area contributed by atoms with Gasteiger partial charge in [0.25, 0.3) is 5.56 Å². The molecule has 1 atom stereocenters. The minimum atomic E-state index is -0.349. The molecule has 3 heterocycles. The van der Waals surface area contributed by atoms with Crippen LogP contribution in [0.1, 0.15) is 55.7 Å². The number of para-hydroxylation sites is 1. The van der Waals surface area contributed by atoms with Crippen molar-refractivity contribution in [3.8, 4) is 0 Å². The van der Waals surface area contributed by atoms with E-state index in [0.717, 1.165) is 49.1 Å². The molecule has 2 aromatic carbocycles. The van der Waals surface area contributed by atoms with Crippen molar-refractivity contribution in [2.24, 2.45) is 0 Å². The highest BCUT2D eigenvalue weighted by atomic mass is 16.1. The number of aromatic nitrogens is 5. The number of nitrogens with one attached hydrogen (secondary N) is 1. The molecule has 5 rings (SSSR count). The van der Waals surface area contributed by atoms with Gasteiger partial charge in [-0.2, -0.15) is 0 Å². The van der Waals surface area contributed by atoms with Crippen LogP contribution in [0.3, 0.4) is 0 Å². The molecule has 0 amide bonds. The normalized spacial score (nSPS) is 16.0. The summed E-state index contributed by atoms with van der Waals surface area (Å²) < 4.78 is 1.91. The topological polar surface area (TPSA) is 82.9 Å². The summed E-state index contributed by atoms with van der Waals surface area (Å²) in [4.78, 5) is 21.4. The number of hydrogen-bond acceptors (Lipinski definition) is 6. The third-order valence-corrected chi connectivity index (χ3v) is 7.76. The van der Waals surface area contributed by atoms with Crippen LogP contribution in [0.5, 0.6) is 0 Å². The Morgan fingerprint density at radius 3 is 2.39 bits per heavy atom. The van der Waals surface area contributed by atoms with Crippen LogP contribution in [-0.4, -0.2) is 56.3 Å². The van der Waals surface area contributed by atoms with Crippen LogP contribution in [0.2, 0.25) is 0 Å². The Morgan fingerprint density at radius 1 is 1.00 bits per heavy atom. The van der Waals surface area contributed by atoms with E-state index >= 15 is 0 Å². The highest BCUT2D eigenvalue weighted by Gasteiger charge is 2.35. The van der Waals surface area contributed by atoms with E-state index in [1.807, 2.05) is 22.9 Å². The number of fused-ring (bicyclic) bond motifs is 1. The number of piperazine rings is 1. The lowest BCUT2D eigenvalue weighted by molar-refractivity contribution is 0.186. The first-order valence-corrected chi connectivity index (χ1v) is 12.8. The predicted octanol–water partition coefficient (Wildman–Crippen LogP) is 4.19. The monoisotopic (exact) mass is 485 g/mol. The Kier molecular flexibility index (Phi) is 6.38. The lowest BCUT2D eigenvalue weighted by Crippen LogP contribution is -2.49. The molecule has 1 saturated heterocycles. The van der Waals surface area contributed by atoms with E-state index in [1.54, 1.807) is 0 Å². The Labute approximate surface area is 211 Å². The summed E-state index contributed by atoms with van der Waals surface area (Å²) >= 11 is 0. The second-order valence-electron chi connectivity index (χ2n) is 10.5. The largest absolute Gasteiger partial charge is 0.369 e. The van der Waals surface area contributed by atoms with Crippen LogP contribution < -0.4 is 10.5 Å². The van der Waals surface area contributed by atoms with Crippen LogP contribution in [0.15, 0.2) is 53.3 Å². The fourth-order valence-electron chi connectivity index (χ4n) is 5.02. The molecule has 0 spiro atoms. The van der Waals surface area contributed by atoms with Crippen LogP contribution in [0.25, 0.3) is 10.9 Å². The minimum Gasteiger partial charge on any atom is -0.369 e. The van der Waals surface area contributed by atoms with E-state index in [9.17, 15) is 4.79 Å². The highest BCUT2D eigenvalue weighted by molar-refractivity contribution is 5.81. The van der Waals surface area contributed by atoms with E-state index in [0.29, 0.717) is 11.4 Å². The molecule has 1 unspecified atom stereocenters. The lowest BCUT2D eigenvalue weighted by atomic mass is 9.98. The maximum Gasteiger partial charge on any atom is 0.253 e. The van der Waals surface area contributed by atoms with Gasteiger partial charge in [-0.05, 0) is 91.4 Å². The number of tetrazole rings is 1. The van der Waals surface area contributed by atoms with Gasteiger partial charge in [0.05, 0.1) is 5.54 Å². The van der Waals surface area contributed by atoms with Gasteiger partial charge in [-0.1, -0.05) is 25.1 Å². The number of H-pyrrole nitrogens is 1. The van der Waals surface area contributed by atoms with Gasteiger partial charge in [0.1, 0.15) is 6.04 Å².